The van der Waals surface area contributed by atoms with Gasteiger partial charge in [-0.2, -0.15) is 0 Å². The normalized spacial score (nSPS) is 21.1. The highest BCUT2D eigenvalue weighted by molar-refractivity contribution is 6.30. The van der Waals surface area contributed by atoms with Crippen molar-refractivity contribution in [2.45, 2.75) is 43.6 Å². The lowest BCUT2D eigenvalue weighted by atomic mass is 10.0. The highest BCUT2D eigenvalue weighted by atomic mass is 35.5. The number of ether oxygens (including phenoxy) is 2. The molecule has 0 spiro atoms. The zero-order valence-electron chi connectivity index (χ0n) is 10.6. The molecule has 1 rings (SSSR count). The highest BCUT2D eigenvalue weighted by Gasteiger charge is 2.18. The molecule has 104 valence electrons. The molecule has 18 heavy (non-hydrogen) atoms. The van der Waals surface area contributed by atoms with Gasteiger partial charge < -0.3 is 14.8 Å². The first-order valence-corrected chi connectivity index (χ1v) is 6.67. The van der Waals surface area contributed by atoms with Crippen LogP contribution in [0.2, 0.25) is 0 Å². The van der Waals surface area contributed by atoms with E-state index >= 15 is 0 Å². The van der Waals surface area contributed by atoms with Crippen LogP contribution in [-0.4, -0.2) is 43.6 Å². The van der Waals surface area contributed by atoms with Gasteiger partial charge in [0.1, 0.15) is 5.38 Å². The minimum Gasteiger partial charge on any atom is -0.468 e. The van der Waals surface area contributed by atoms with E-state index in [0.29, 0.717) is 6.42 Å². The van der Waals surface area contributed by atoms with Crippen LogP contribution in [0, 0.1) is 0 Å². The molecular weight excluding hydrogens is 258 g/mol. The van der Waals surface area contributed by atoms with Crippen LogP contribution in [0.15, 0.2) is 0 Å². The molecule has 1 fully saturated rings. The Balaban J connectivity index is 2.11. The van der Waals surface area contributed by atoms with Crippen LogP contribution in [-0.2, 0) is 19.1 Å². The van der Waals surface area contributed by atoms with Gasteiger partial charge in [-0.15, -0.1) is 11.6 Å². The van der Waals surface area contributed by atoms with E-state index in [1.807, 2.05) is 0 Å². The maximum Gasteiger partial charge on any atom is 0.325 e. The fraction of sp³-hybridized carbons (Fsp3) is 0.833. The first kappa shape index (κ1) is 15.2. The third-order valence-corrected chi connectivity index (χ3v) is 3.24. The number of rotatable bonds is 6. The molecular formula is C12H20ClNO4. The van der Waals surface area contributed by atoms with Crippen LogP contribution >= 0.6 is 11.6 Å². The van der Waals surface area contributed by atoms with Gasteiger partial charge in [0.2, 0.25) is 5.91 Å². The number of methoxy groups -OCH3 is 1. The number of carbonyl (C=O) groups is 2. The summed E-state index contributed by atoms with van der Waals surface area (Å²) in [4.78, 5) is 22.5. The van der Waals surface area contributed by atoms with Gasteiger partial charge >= 0.3 is 5.97 Å². The molecule has 0 aromatic carbocycles. The average molecular weight is 278 g/mol. The van der Waals surface area contributed by atoms with E-state index in [4.69, 9.17) is 16.3 Å². The quantitative estimate of drug-likeness (QED) is 0.586. The second-order valence-electron chi connectivity index (χ2n) is 4.32. The molecule has 0 bridgehead atoms. The van der Waals surface area contributed by atoms with Crippen molar-refractivity contribution in [3.05, 3.63) is 0 Å². The molecule has 1 heterocycles. The Morgan fingerprint density at radius 3 is 2.89 bits per heavy atom. The van der Waals surface area contributed by atoms with Crippen LogP contribution in [0.25, 0.3) is 0 Å². The Hall–Kier alpha value is -0.810. The van der Waals surface area contributed by atoms with Crippen molar-refractivity contribution in [1.29, 1.82) is 0 Å². The molecule has 2 unspecified atom stereocenters. The van der Waals surface area contributed by atoms with Crippen LogP contribution in [0.4, 0.5) is 0 Å². The summed E-state index contributed by atoms with van der Waals surface area (Å²) in [6, 6.07) is 0. The number of hydrogen-bond donors (Lipinski definition) is 1. The van der Waals surface area contributed by atoms with Crippen molar-refractivity contribution < 1.29 is 19.1 Å². The van der Waals surface area contributed by atoms with Gasteiger partial charge in [0, 0.05) is 19.6 Å². The minimum absolute atomic E-state index is 0.0958. The number of halogens is 1. The Bertz CT molecular complexity index is 279. The molecule has 2 atom stereocenters. The molecule has 0 saturated carbocycles. The van der Waals surface area contributed by atoms with E-state index < -0.39 is 11.3 Å². The zero-order valence-corrected chi connectivity index (χ0v) is 11.4. The summed E-state index contributed by atoms with van der Waals surface area (Å²) in [6.07, 6.45) is 4.60. The summed E-state index contributed by atoms with van der Waals surface area (Å²) in [5, 5.41) is 1.78. The second kappa shape index (κ2) is 8.32. The Kier molecular flexibility index (Phi) is 7.05. The Labute approximate surface area is 112 Å². The topological polar surface area (TPSA) is 64.6 Å². The summed E-state index contributed by atoms with van der Waals surface area (Å²) in [5.41, 5.74) is 0. The third kappa shape index (κ3) is 5.69. The molecule has 0 radical (unpaired) electrons. The number of alkyl halides is 1. The largest absolute Gasteiger partial charge is 0.468 e. The van der Waals surface area contributed by atoms with Crippen molar-refractivity contribution in [2.75, 3.05) is 20.3 Å². The van der Waals surface area contributed by atoms with Gasteiger partial charge in [0.05, 0.1) is 13.2 Å². The molecule has 0 aromatic rings. The van der Waals surface area contributed by atoms with Gasteiger partial charge in [-0.25, -0.2) is 0 Å². The first-order chi connectivity index (χ1) is 8.63. The molecule has 1 aliphatic heterocycles. The van der Waals surface area contributed by atoms with Gasteiger partial charge in [0.25, 0.3) is 0 Å². The molecule has 1 amide bonds. The van der Waals surface area contributed by atoms with Crippen molar-refractivity contribution in [3.8, 4) is 0 Å². The maximum atomic E-state index is 11.5. The molecule has 1 N–H and O–H groups in total. The number of carbonyl (C=O) groups excluding carboxylic acids is 2. The standard InChI is InChI=1S/C12H20ClNO4/c1-17-12(16)10(13)8-14-11(15)6-5-9-4-2-3-7-18-9/h9-10H,2-8H2,1H3,(H,14,15). The predicted octanol–water partition coefficient (Wildman–Crippen LogP) is 1.23. The Morgan fingerprint density at radius 1 is 1.50 bits per heavy atom. The lowest BCUT2D eigenvalue weighted by Gasteiger charge is -2.22. The number of esters is 1. The summed E-state index contributed by atoms with van der Waals surface area (Å²) in [5.74, 6) is -0.647. The summed E-state index contributed by atoms with van der Waals surface area (Å²) >= 11 is 5.71. The maximum absolute atomic E-state index is 11.5. The number of amides is 1. The molecule has 0 aromatic heterocycles. The zero-order chi connectivity index (χ0) is 13.4. The average Bonchev–Trinajstić information content (AvgIpc) is 2.42. The molecule has 0 aliphatic carbocycles. The van der Waals surface area contributed by atoms with Crippen LogP contribution in [0.5, 0.6) is 0 Å². The van der Waals surface area contributed by atoms with E-state index in [0.717, 1.165) is 25.9 Å². The molecule has 1 aliphatic rings. The SMILES string of the molecule is COC(=O)C(Cl)CNC(=O)CCC1CCCCO1. The summed E-state index contributed by atoms with van der Waals surface area (Å²) in [6.45, 7) is 0.886. The highest BCUT2D eigenvalue weighted by Crippen LogP contribution is 2.16. The number of hydrogen-bond acceptors (Lipinski definition) is 4. The third-order valence-electron chi connectivity index (χ3n) is 2.90. The van der Waals surface area contributed by atoms with E-state index in [-0.39, 0.29) is 18.6 Å². The number of nitrogens with one attached hydrogen (secondary N) is 1. The smallest absolute Gasteiger partial charge is 0.325 e. The van der Waals surface area contributed by atoms with Crippen LogP contribution in [0.3, 0.4) is 0 Å². The van der Waals surface area contributed by atoms with Crippen molar-refractivity contribution in [2.24, 2.45) is 0 Å². The molecule has 1 saturated heterocycles. The fourth-order valence-corrected chi connectivity index (χ4v) is 2.00. The van der Waals surface area contributed by atoms with Gasteiger partial charge in [-0.1, -0.05) is 0 Å². The van der Waals surface area contributed by atoms with E-state index in [1.165, 1.54) is 13.5 Å². The first-order valence-electron chi connectivity index (χ1n) is 6.23. The van der Waals surface area contributed by atoms with Crippen LogP contribution < -0.4 is 5.32 Å². The predicted molar refractivity (Wildman–Crippen MR) is 67.5 cm³/mol. The Morgan fingerprint density at radius 2 is 2.28 bits per heavy atom. The fourth-order valence-electron chi connectivity index (χ4n) is 1.83. The second-order valence-corrected chi connectivity index (χ2v) is 4.85. The van der Waals surface area contributed by atoms with Gasteiger partial charge in [-0.05, 0) is 25.7 Å². The van der Waals surface area contributed by atoms with E-state index in [9.17, 15) is 9.59 Å². The van der Waals surface area contributed by atoms with Crippen LogP contribution in [0.1, 0.15) is 32.1 Å². The molecule has 5 nitrogen and oxygen atoms in total. The summed E-state index contributed by atoms with van der Waals surface area (Å²) < 4.78 is 9.99. The van der Waals surface area contributed by atoms with Gasteiger partial charge in [-0.3, -0.25) is 9.59 Å². The van der Waals surface area contributed by atoms with E-state index in [2.05, 4.69) is 10.1 Å². The lowest BCUT2D eigenvalue weighted by molar-refractivity contribution is -0.140. The van der Waals surface area contributed by atoms with Gasteiger partial charge in [0.15, 0.2) is 0 Å². The minimum atomic E-state index is -0.829. The summed E-state index contributed by atoms with van der Waals surface area (Å²) in [7, 11) is 1.26. The lowest BCUT2D eigenvalue weighted by Crippen LogP contribution is -2.34. The molecule has 6 heteroatoms. The van der Waals surface area contributed by atoms with Crippen molar-refractivity contribution in [1.82, 2.24) is 5.32 Å². The van der Waals surface area contributed by atoms with Crippen molar-refractivity contribution >= 4 is 23.5 Å². The van der Waals surface area contributed by atoms with E-state index in [1.54, 1.807) is 0 Å². The van der Waals surface area contributed by atoms with Crippen molar-refractivity contribution in [3.63, 3.8) is 0 Å². The monoisotopic (exact) mass is 277 g/mol.